The molecule has 0 saturated carbocycles. The Morgan fingerprint density at radius 1 is 0.577 bits per heavy atom. The molecule has 0 aromatic rings. The fraction of sp³-hybridized carbons (Fsp3) is 1.00. The molecule has 0 fully saturated rings. The molecule has 4 heteroatoms. The fourth-order valence-corrected chi connectivity index (χ4v) is 5.61. The number of rotatable bonds is 20. The third kappa shape index (κ3) is 15.2. The van der Waals surface area contributed by atoms with Crippen molar-refractivity contribution in [2.75, 3.05) is 19.8 Å². The first kappa shape index (κ1) is 26.1. The van der Waals surface area contributed by atoms with Crippen LogP contribution in [0.2, 0.25) is 6.04 Å². The average molecular weight is 389 g/mol. The lowest BCUT2D eigenvalue weighted by Crippen LogP contribution is -2.46. The van der Waals surface area contributed by atoms with Gasteiger partial charge in [0.2, 0.25) is 0 Å². The van der Waals surface area contributed by atoms with Gasteiger partial charge in [-0.15, -0.1) is 0 Å². The Labute approximate surface area is 165 Å². The molecule has 0 unspecified atom stereocenters. The molecule has 0 rings (SSSR count). The van der Waals surface area contributed by atoms with E-state index in [9.17, 15) is 0 Å². The van der Waals surface area contributed by atoms with Crippen LogP contribution in [0.5, 0.6) is 0 Å². The summed E-state index contributed by atoms with van der Waals surface area (Å²) in [6.07, 6.45) is 14.6. The summed E-state index contributed by atoms with van der Waals surface area (Å²) in [5.74, 6) is 0.834. The van der Waals surface area contributed by atoms with Gasteiger partial charge in [-0.1, -0.05) is 86.0 Å². The zero-order valence-electron chi connectivity index (χ0n) is 18.6. The summed E-state index contributed by atoms with van der Waals surface area (Å²) < 4.78 is 19.0. The van der Waals surface area contributed by atoms with E-state index in [4.69, 9.17) is 13.3 Å². The Morgan fingerprint density at radius 3 is 1.42 bits per heavy atom. The van der Waals surface area contributed by atoms with Gasteiger partial charge in [0.25, 0.3) is 0 Å². The molecule has 0 bridgehead atoms. The molecule has 0 N–H and O–H groups in total. The van der Waals surface area contributed by atoms with Crippen molar-refractivity contribution >= 4 is 8.80 Å². The van der Waals surface area contributed by atoms with E-state index in [-0.39, 0.29) is 0 Å². The van der Waals surface area contributed by atoms with E-state index >= 15 is 0 Å². The van der Waals surface area contributed by atoms with Gasteiger partial charge in [-0.05, 0) is 31.6 Å². The van der Waals surface area contributed by atoms with Gasteiger partial charge in [0, 0.05) is 25.9 Å². The predicted molar refractivity (Wildman–Crippen MR) is 116 cm³/mol. The molecular weight excluding hydrogens is 340 g/mol. The normalized spacial score (nSPS) is 12.2. The van der Waals surface area contributed by atoms with E-state index in [2.05, 4.69) is 34.6 Å². The molecule has 0 aromatic heterocycles. The second-order valence-electron chi connectivity index (χ2n) is 7.99. The van der Waals surface area contributed by atoms with E-state index in [1.165, 1.54) is 38.5 Å². The molecule has 0 aliphatic heterocycles. The van der Waals surface area contributed by atoms with Gasteiger partial charge < -0.3 is 13.3 Å². The van der Waals surface area contributed by atoms with Gasteiger partial charge in [0.05, 0.1) is 0 Å². The molecule has 0 radical (unpaired) electrons. The summed E-state index contributed by atoms with van der Waals surface area (Å²) in [7, 11) is -2.49. The maximum atomic E-state index is 6.32. The van der Waals surface area contributed by atoms with Crippen LogP contribution in [-0.4, -0.2) is 28.6 Å². The molecule has 0 saturated heterocycles. The van der Waals surface area contributed by atoms with Gasteiger partial charge in [-0.2, -0.15) is 0 Å². The first-order valence-corrected chi connectivity index (χ1v) is 13.4. The van der Waals surface area contributed by atoms with Crippen LogP contribution in [0.4, 0.5) is 0 Å². The van der Waals surface area contributed by atoms with Gasteiger partial charge in [0.1, 0.15) is 0 Å². The predicted octanol–water partition coefficient (Wildman–Crippen LogP) is 7.37. The minimum absolute atomic E-state index is 0.787. The van der Waals surface area contributed by atoms with Crippen molar-refractivity contribution in [2.24, 2.45) is 5.92 Å². The van der Waals surface area contributed by atoms with E-state index in [1.54, 1.807) is 0 Å². The van der Waals surface area contributed by atoms with E-state index in [1.807, 2.05) is 0 Å². The van der Waals surface area contributed by atoms with Crippen LogP contribution in [0.3, 0.4) is 0 Å². The molecule has 0 aliphatic carbocycles. The Balaban J connectivity index is 4.42. The third-order valence-corrected chi connectivity index (χ3v) is 7.62. The fourth-order valence-electron chi connectivity index (χ4n) is 2.88. The lowest BCUT2D eigenvalue weighted by atomic mass is 10.0. The molecule has 0 heterocycles. The van der Waals surface area contributed by atoms with Gasteiger partial charge in [0.15, 0.2) is 0 Å². The van der Waals surface area contributed by atoms with Crippen LogP contribution in [0.1, 0.15) is 112 Å². The SMILES string of the molecule is CCCCO[Si](CCCCCCCC(C)C)(OCCCC)OCCCC. The van der Waals surface area contributed by atoms with Crippen molar-refractivity contribution in [1.29, 1.82) is 0 Å². The largest absolute Gasteiger partial charge is 0.500 e. The summed E-state index contributed by atoms with van der Waals surface area (Å²) in [4.78, 5) is 0. The van der Waals surface area contributed by atoms with Gasteiger partial charge in [-0.3, -0.25) is 0 Å². The summed E-state index contributed by atoms with van der Waals surface area (Å²) in [6.45, 7) is 13.6. The van der Waals surface area contributed by atoms with Crippen LogP contribution in [0.25, 0.3) is 0 Å². The quantitative estimate of drug-likeness (QED) is 0.161. The first-order chi connectivity index (χ1) is 12.6. The number of hydrogen-bond acceptors (Lipinski definition) is 3. The molecule has 0 aromatic carbocycles. The standard InChI is InChI=1S/C22H48O3Si/c1-6-9-18-23-26(24-19-10-7-2,25-20-11-8-3)21-16-14-12-13-15-17-22(4)5/h22H,6-21H2,1-5H3. The monoisotopic (exact) mass is 388 g/mol. The van der Waals surface area contributed by atoms with E-state index < -0.39 is 8.80 Å². The number of unbranched alkanes of at least 4 members (excludes halogenated alkanes) is 7. The summed E-state index contributed by atoms with van der Waals surface area (Å²) in [5, 5.41) is 0. The number of hydrogen-bond donors (Lipinski definition) is 0. The molecule has 158 valence electrons. The van der Waals surface area contributed by atoms with Crippen molar-refractivity contribution in [3.63, 3.8) is 0 Å². The lowest BCUT2D eigenvalue weighted by molar-refractivity contribution is 0.0557. The zero-order chi connectivity index (χ0) is 19.5. The van der Waals surface area contributed by atoms with Crippen molar-refractivity contribution < 1.29 is 13.3 Å². The topological polar surface area (TPSA) is 27.7 Å². The second kappa shape index (κ2) is 18.5. The Bertz CT molecular complexity index is 258. The Hall–Kier alpha value is 0.0969. The average Bonchev–Trinajstić information content (AvgIpc) is 2.61. The zero-order valence-corrected chi connectivity index (χ0v) is 19.6. The smallest absolute Gasteiger partial charge is 0.373 e. The highest BCUT2D eigenvalue weighted by Gasteiger charge is 2.40. The maximum Gasteiger partial charge on any atom is 0.500 e. The molecule has 0 spiro atoms. The minimum Gasteiger partial charge on any atom is -0.373 e. The molecule has 3 nitrogen and oxygen atoms in total. The third-order valence-electron chi connectivity index (χ3n) is 4.72. The van der Waals surface area contributed by atoms with Gasteiger partial charge in [-0.25, -0.2) is 0 Å². The van der Waals surface area contributed by atoms with Crippen LogP contribution < -0.4 is 0 Å². The van der Waals surface area contributed by atoms with Crippen LogP contribution in [-0.2, 0) is 13.3 Å². The summed E-state index contributed by atoms with van der Waals surface area (Å²) in [6, 6.07) is 0.994. The highest BCUT2D eigenvalue weighted by atomic mass is 28.4. The van der Waals surface area contributed by atoms with Crippen molar-refractivity contribution in [3.8, 4) is 0 Å². The maximum absolute atomic E-state index is 6.32. The summed E-state index contributed by atoms with van der Waals surface area (Å²) in [5.41, 5.74) is 0. The van der Waals surface area contributed by atoms with Crippen molar-refractivity contribution in [2.45, 2.75) is 118 Å². The van der Waals surface area contributed by atoms with Crippen molar-refractivity contribution in [3.05, 3.63) is 0 Å². The molecular formula is C22H48O3Si. The van der Waals surface area contributed by atoms with E-state index in [0.717, 1.165) is 70.3 Å². The van der Waals surface area contributed by atoms with Crippen LogP contribution >= 0.6 is 0 Å². The molecule has 26 heavy (non-hydrogen) atoms. The summed E-state index contributed by atoms with van der Waals surface area (Å²) >= 11 is 0. The van der Waals surface area contributed by atoms with Gasteiger partial charge >= 0.3 is 8.80 Å². The molecule has 0 amide bonds. The Morgan fingerprint density at radius 2 is 1.00 bits per heavy atom. The first-order valence-electron chi connectivity index (χ1n) is 11.5. The second-order valence-corrected chi connectivity index (χ2v) is 10.7. The van der Waals surface area contributed by atoms with E-state index in [0.29, 0.717) is 0 Å². The van der Waals surface area contributed by atoms with Crippen molar-refractivity contribution in [1.82, 2.24) is 0 Å². The highest BCUT2D eigenvalue weighted by molar-refractivity contribution is 6.60. The highest BCUT2D eigenvalue weighted by Crippen LogP contribution is 2.22. The lowest BCUT2D eigenvalue weighted by Gasteiger charge is -2.30. The molecule has 0 aliphatic rings. The Kier molecular flexibility index (Phi) is 18.5. The van der Waals surface area contributed by atoms with Crippen LogP contribution in [0.15, 0.2) is 0 Å². The minimum atomic E-state index is -2.49. The molecule has 0 atom stereocenters. The van der Waals surface area contributed by atoms with Crippen LogP contribution in [0, 0.1) is 5.92 Å².